The van der Waals surface area contributed by atoms with Crippen molar-refractivity contribution in [2.24, 2.45) is 0 Å². The Kier molecular flexibility index (Phi) is 5.84. The summed E-state index contributed by atoms with van der Waals surface area (Å²) in [4.78, 5) is 27.5. The summed E-state index contributed by atoms with van der Waals surface area (Å²) in [6, 6.07) is 9.00. The van der Waals surface area contributed by atoms with E-state index in [4.69, 9.17) is 25.8 Å². The molecule has 0 N–H and O–H groups in total. The van der Waals surface area contributed by atoms with Crippen molar-refractivity contribution in [3.63, 3.8) is 0 Å². The summed E-state index contributed by atoms with van der Waals surface area (Å²) in [5, 5.41) is 0.541. The molecular formula is C24H26ClNO5. The molecule has 2 aromatic rings. The Hall–Kier alpha value is -2.73. The van der Waals surface area contributed by atoms with E-state index in [1.807, 2.05) is 30.0 Å². The highest BCUT2D eigenvalue weighted by molar-refractivity contribution is 6.31. The number of benzene rings is 2. The number of ether oxygens (including phenoxy) is 3. The molecule has 1 amide bonds. The van der Waals surface area contributed by atoms with Crippen LogP contribution in [0.1, 0.15) is 40.7 Å². The van der Waals surface area contributed by atoms with E-state index in [-0.39, 0.29) is 18.1 Å². The number of Topliss-reactive ketones (excluding diaryl/α,β-unsaturated/α-hetero) is 1. The highest BCUT2D eigenvalue weighted by Gasteiger charge is 2.44. The Morgan fingerprint density at radius 1 is 1.13 bits per heavy atom. The molecule has 164 valence electrons. The molecule has 0 atom stereocenters. The maximum Gasteiger partial charge on any atom is 0.226 e. The number of halogens is 1. The van der Waals surface area contributed by atoms with Crippen molar-refractivity contribution < 1.29 is 23.8 Å². The van der Waals surface area contributed by atoms with Crippen LogP contribution in [-0.4, -0.2) is 49.5 Å². The van der Waals surface area contributed by atoms with Gasteiger partial charge in [0, 0.05) is 31.0 Å². The lowest BCUT2D eigenvalue weighted by Gasteiger charge is -2.44. The second-order valence-electron chi connectivity index (χ2n) is 8.23. The van der Waals surface area contributed by atoms with Crippen molar-refractivity contribution in [1.29, 1.82) is 0 Å². The van der Waals surface area contributed by atoms with Crippen LogP contribution in [0.25, 0.3) is 0 Å². The summed E-state index contributed by atoms with van der Waals surface area (Å²) in [5.74, 6) is 1.97. The molecule has 7 heteroatoms. The zero-order valence-electron chi connectivity index (χ0n) is 18.0. The number of ketones is 1. The molecule has 1 saturated heterocycles. The van der Waals surface area contributed by atoms with Gasteiger partial charge in [0.25, 0.3) is 0 Å². The molecule has 0 aliphatic carbocycles. The maximum atomic E-state index is 12.9. The molecule has 2 aliphatic heterocycles. The third-order valence-electron chi connectivity index (χ3n) is 6.17. The molecule has 4 rings (SSSR count). The normalized spacial score (nSPS) is 17.2. The highest BCUT2D eigenvalue weighted by atomic mass is 35.5. The van der Waals surface area contributed by atoms with Gasteiger partial charge >= 0.3 is 0 Å². The van der Waals surface area contributed by atoms with Gasteiger partial charge in [-0.3, -0.25) is 9.59 Å². The lowest BCUT2D eigenvalue weighted by Crippen LogP contribution is -2.52. The largest absolute Gasteiger partial charge is 0.493 e. The minimum Gasteiger partial charge on any atom is -0.493 e. The van der Waals surface area contributed by atoms with Crippen molar-refractivity contribution in [1.82, 2.24) is 4.90 Å². The lowest BCUT2D eigenvalue weighted by molar-refractivity contribution is -0.134. The van der Waals surface area contributed by atoms with Gasteiger partial charge in [-0.1, -0.05) is 17.7 Å². The van der Waals surface area contributed by atoms with E-state index in [1.54, 1.807) is 26.4 Å². The Morgan fingerprint density at radius 2 is 1.84 bits per heavy atom. The highest BCUT2D eigenvalue weighted by Crippen LogP contribution is 2.42. The van der Waals surface area contributed by atoms with Crippen LogP contribution >= 0.6 is 11.6 Å². The van der Waals surface area contributed by atoms with Crippen molar-refractivity contribution in [3.8, 4) is 17.2 Å². The van der Waals surface area contributed by atoms with Crippen LogP contribution in [0.5, 0.6) is 17.2 Å². The molecule has 2 aliphatic rings. The maximum absolute atomic E-state index is 12.9. The van der Waals surface area contributed by atoms with Crippen LogP contribution in [0.15, 0.2) is 30.3 Å². The van der Waals surface area contributed by atoms with E-state index in [0.717, 1.165) is 11.1 Å². The standard InChI is InChI=1S/C24H26ClNO5/c1-15-10-17(25)13-18-19(27)14-24(31-23(15)18)6-8-26(9-7-24)22(28)12-16-4-5-20(29-2)21(11-16)30-3/h4-5,10-11,13H,6-9,12,14H2,1-3H3. The number of hydrogen-bond donors (Lipinski definition) is 0. The second-order valence-corrected chi connectivity index (χ2v) is 8.67. The first-order valence-electron chi connectivity index (χ1n) is 10.4. The Labute approximate surface area is 187 Å². The van der Waals surface area contributed by atoms with Crippen LogP contribution in [-0.2, 0) is 11.2 Å². The monoisotopic (exact) mass is 443 g/mol. The lowest BCUT2D eigenvalue weighted by atomic mass is 9.82. The minimum absolute atomic E-state index is 0.0487. The predicted molar refractivity (Wildman–Crippen MR) is 118 cm³/mol. The first-order valence-corrected chi connectivity index (χ1v) is 10.7. The zero-order valence-corrected chi connectivity index (χ0v) is 18.8. The van der Waals surface area contributed by atoms with E-state index in [1.165, 1.54) is 0 Å². The third kappa shape index (κ3) is 4.22. The van der Waals surface area contributed by atoms with E-state index >= 15 is 0 Å². The number of nitrogens with zero attached hydrogens (tertiary/aromatic N) is 1. The molecule has 0 saturated carbocycles. The van der Waals surface area contributed by atoms with Crippen molar-refractivity contribution in [2.75, 3.05) is 27.3 Å². The number of rotatable bonds is 4. The zero-order chi connectivity index (χ0) is 22.2. The van der Waals surface area contributed by atoms with Crippen LogP contribution in [0.4, 0.5) is 0 Å². The molecule has 2 heterocycles. The summed E-state index contributed by atoms with van der Waals surface area (Å²) in [6.45, 7) is 3.02. The van der Waals surface area contributed by atoms with Gasteiger partial charge in [0.1, 0.15) is 11.4 Å². The van der Waals surface area contributed by atoms with E-state index in [9.17, 15) is 9.59 Å². The average Bonchev–Trinajstić information content (AvgIpc) is 2.75. The summed E-state index contributed by atoms with van der Waals surface area (Å²) in [6.07, 6.45) is 1.85. The molecule has 0 unspecified atom stereocenters. The Morgan fingerprint density at radius 3 is 2.52 bits per heavy atom. The van der Waals surface area contributed by atoms with Gasteiger partial charge in [-0.2, -0.15) is 0 Å². The number of aryl methyl sites for hydroxylation is 1. The minimum atomic E-state index is -0.553. The first-order chi connectivity index (χ1) is 14.8. The van der Waals surface area contributed by atoms with Gasteiger partial charge in [-0.15, -0.1) is 0 Å². The molecule has 31 heavy (non-hydrogen) atoms. The predicted octanol–water partition coefficient (Wildman–Crippen LogP) is 4.23. The number of piperidine rings is 1. The van der Waals surface area contributed by atoms with Crippen LogP contribution in [0.2, 0.25) is 5.02 Å². The summed E-state index contributed by atoms with van der Waals surface area (Å²) < 4.78 is 17.0. The first kappa shape index (κ1) is 21.5. The van der Waals surface area contributed by atoms with E-state index in [0.29, 0.717) is 60.2 Å². The van der Waals surface area contributed by atoms with Crippen molar-refractivity contribution >= 4 is 23.3 Å². The number of carbonyl (C=O) groups is 2. The Bertz CT molecular complexity index is 1030. The molecule has 0 bridgehead atoms. The number of carbonyl (C=O) groups excluding carboxylic acids is 2. The smallest absolute Gasteiger partial charge is 0.226 e. The van der Waals surface area contributed by atoms with Gasteiger partial charge in [0.15, 0.2) is 17.3 Å². The quantitative estimate of drug-likeness (QED) is 0.707. The van der Waals surface area contributed by atoms with Gasteiger partial charge in [-0.25, -0.2) is 0 Å². The van der Waals surface area contributed by atoms with E-state index < -0.39 is 5.60 Å². The summed E-state index contributed by atoms with van der Waals surface area (Å²) in [5.41, 5.74) is 1.74. The molecule has 1 spiro atoms. The molecule has 6 nitrogen and oxygen atoms in total. The van der Waals surface area contributed by atoms with Crippen LogP contribution in [0, 0.1) is 6.92 Å². The van der Waals surface area contributed by atoms with E-state index in [2.05, 4.69) is 0 Å². The SMILES string of the molecule is COc1ccc(CC(=O)N2CCC3(CC2)CC(=O)c2cc(Cl)cc(C)c2O3)cc1OC. The fourth-order valence-electron chi connectivity index (χ4n) is 4.43. The molecule has 0 radical (unpaired) electrons. The van der Waals surface area contributed by atoms with Crippen LogP contribution < -0.4 is 14.2 Å². The molecule has 0 aromatic heterocycles. The van der Waals surface area contributed by atoms with Crippen molar-refractivity contribution in [2.45, 2.75) is 38.2 Å². The second kappa shape index (κ2) is 8.42. The summed E-state index contributed by atoms with van der Waals surface area (Å²) >= 11 is 6.11. The van der Waals surface area contributed by atoms with Gasteiger partial charge in [0.05, 0.1) is 32.6 Å². The van der Waals surface area contributed by atoms with Gasteiger partial charge in [-0.05, 0) is 42.3 Å². The number of amides is 1. The number of likely N-dealkylation sites (tertiary alicyclic amines) is 1. The number of hydrogen-bond acceptors (Lipinski definition) is 5. The van der Waals surface area contributed by atoms with Crippen LogP contribution in [0.3, 0.4) is 0 Å². The molecule has 2 aromatic carbocycles. The topological polar surface area (TPSA) is 65.1 Å². The average molecular weight is 444 g/mol. The fourth-order valence-corrected chi connectivity index (χ4v) is 4.71. The van der Waals surface area contributed by atoms with Gasteiger partial charge < -0.3 is 19.1 Å². The molecule has 1 fully saturated rings. The summed E-state index contributed by atoms with van der Waals surface area (Å²) in [7, 11) is 3.16. The number of methoxy groups -OCH3 is 2. The fraction of sp³-hybridized carbons (Fsp3) is 0.417. The third-order valence-corrected chi connectivity index (χ3v) is 6.39. The van der Waals surface area contributed by atoms with Crippen molar-refractivity contribution in [3.05, 3.63) is 52.0 Å². The van der Waals surface area contributed by atoms with Gasteiger partial charge in [0.2, 0.25) is 5.91 Å². The Balaban J connectivity index is 1.43. The molecular weight excluding hydrogens is 418 g/mol. The number of fused-ring (bicyclic) bond motifs is 1.